The number of hydrogen-bond acceptors (Lipinski definition) is 2. The summed E-state index contributed by atoms with van der Waals surface area (Å²) in [5.74, 6) is 1.86. The van der Waals surface area contributed by atoms with Crippen LogP contribution in [0.5, 0.6) is 0 Å². The van der Waals surface area contributed by atoms with Crippen molar-refractivity contribution in [1.29, 1.82) is 0 Å². The third-order valence-electron chi connectivity index (χ3n) is 3.73. The Hall–Kier alpha value is -0.870. The van der Waals surface area contributed by atoms with Gasteiger partial charge in [0.1, 0.15) is 5.84 Å². The number of amidine groups is 1. The minimum atomic E-state index is 0.736. The molecule has 0 radical (unpaired) electrons. The molecule has 2 aliphatic rings. The van der Waals surface area contributed by atoms with Crippen LogP contribution in [0.25, 0.3) is 0 Å². The molecule has 4 heteroatoms. The number of likely N-dealkylation sites (tertiary alicyclic amines) is 1. The zero-order chi connectivity index (χ0) is 12.5. The Labute approximate surface area is 116 Å². The van der Waals surface area contributed by atoms with E-state index in [-0.39, 0.29) is 0 Å². The van der Waals surface area contributed by atoms with Gasteiger partial charge in [-0.2, -0.15) is 0 Å². The van der Waals surface area contributed by atoms with Crippen molar-refractivity contribution >= 4 is 27.5 Å². The second-order valence-corrected chi connectivity index (χ2v) is 6.22. The predicted octanol–water partition coefficient (Wildman–Crippen LogP) is 2.77. The van der Waals surface area contributed by atoms with Gasteiger partial charge in [0.15, 0.2) is 0 Å². The third-order valence-corrected chi connectivity index (χ3v) is 4.23. The zero-order valence-electron chi connectivity index (χ0n) is 10.6. The summed E-state index contributed by atoms with van der Waals surface area (Å²) in [6.07, 6.45) is 2.23. The zero-order valence-corrected chi connectivity index (χ0v) is 12.2. The summed E-state index contributed by atoms with van der Waals surface area (Å²) in [5.41, 5.74) is 2.55. The van der Waals surface area contributed by atoms with Crippen LogP contribution in [0.1, 0.15) is 12.0 Å². The molecule has 0 spiro atoms. The van der Waals surface area contributed by atoms with Gasteiger partial charge in [0, 0.05) is 29.7 Å². The highest BCUT2D eigenvalue weighted by atomic mass is 79.9. The maximum atomic E-state index is 4.75. The molecule has 96 valence electrons. The maximum absolute atomic E-state index is 4.75. The standard InChI is InChI=1S/C14H18BrN3/c1-18-5-4-10(9-18)8-16-14-7-11-6-12(15)2-3-13(11)17-14/h2-3,6,10H,4-5,7-9H2,1H3,(H,16,17). The van der Waals surface area contributed by atoms with Crippen molar-refractivity contribution in [2.75, 3.05) is 32.0 Å². The fraction of sp³-hybridized carbons (Fsp3) is 0.500. The molecule has 0 bridgehead atoms. The number of fused-ring (bicyclic) bond motifs is 1. The molecule has 1 saturated heterocycles. The van der Waals surface area contributed by atoms with Crippen molar-refractivity contribution in [3.63, 3.8) is 0 Å². The summed E-state index contributed by atoms with van der Waals surface area (Å²) in [4.78, 5) is 7.14. The van der Waals surface area contributed by atoms with Gasteiger partial charge in [0.25, 0.3) is 0 Å². The summed E-state index contributed by atoms with van der Waals surface area (Å²) in [6, 6.07) is 6.36. The first-order valence-corrected chi connectivity index (χ1v) is 7.27. The van der Waals surface area contributed by atoms with Gasteiger partial charge in [-0.05, 0) is 49.7 Å². The maximum Gasteiger partial charge on any atom is 0.105 e. The average molecular weight is 308 g/mol. The normalized spacial score (nSPS) is 25.4. The number of halogens is 1. The number of hydrogen-bond donors (Lipinski definition) is 1. The number of aliphatic imine (C=N–C) groups is 1. The SMILES string of the molecule is CN1CCC(CN=C2Cc3cc(Br)ccc3N2)C1. The van der Waals surface area contributed by atoms with Crippen LogP contribution in [-0.4, -0.2) is 37.4 Å². The van der Waals surface area contributed by atoms with Gasteiger partial charge in [-0.15, -0.1) is 0 Å². The molecule has 2 heterocycles. The van der Waals surface area contributed by atoms with Crippen LogP contribution in [-0.2, 0) is 6.42 Å². The van der Waals surface area contributed by atoms with Crippen LogP contribution >= 0.6 is 15.9 Å². The van der Waals surface area contributed by atoms with Gasteiger partial charge in [0.05, 0.1) is 0 Å². The van der Waals surface area contributed by atoms with Gasteiger partial charge in [-0.25, -0.2) is 0 Å². The molecule has 0 amide bonds. The minimum absolute atomic E-state index is 0.736. The van der Waals surface area contributed by atoms with E-state index in [0.29, 0.717) is 0 Å². The molecule has 3 rings (SSSR count). The minimum Gasteiger partial charge on any atom is -0.344 e. The number of anilines is 1. The van der Waals surface area contributed by atoms with E-state index in [9.17, 15) is 0 Å². The molecule has 0 aromatic heterocycles. The Morgan fingerprint density at radius 2 is 2.39 bits per heavy atom. The first-order valence-electron chi connectivity index (χ1n) is 6.48. The lowest BCUT2D eigenvalue weighted by Crippen LogP contribution is -2.16. The lowest BCUT2D eigenvalue weighted by Gasteiger charge is -2.08. The van der Waals surface area contributed by atoms with Gasteiger partial charge in [-0.3, -0.25) is 4.99 Å². The molecule has 1 aromatic carbocycles. The van der Waals surface area contributed by atoms with Gasteiger partial charge >= 0.3 is 0 Å². The molecule has 2 aliphatic heterocycles. The average Bonchev–Trinajstić information content (AvgIpc) is 2.92. The molecule has 1 unspecified atom stereocenters. The molecule has 0 saturated carbocycles. The summed E-state index contributed by atoms with van der Waals surface area (Å²) >= 11 is 3.51. The second kappa shape index (κ2) is 5.02. The molecule has 1 N–H and O–H groups in total. The summed E-state index contributed by atoms with van der Waals surface area (Å²) in [5, 5.41) is 3.41. The first-order chi connectivity index (χ1) is 8.70. The Morgan fingerprint density at radius 3 is 3.17 bits per heavy atom. The van der Waals surface area contributed by atoms with Crippen LogP contribution in [0.2, 0.25) is 0 Å². The van der Waals surface area contributed by atoms with Crippen LogP contribution < -0.4 is 5.32 Å². The molecule has 3 nitrogen and oxygen atoms in total. The Bertz CT molecular complexity index is 484. The van der Waals surface area contributed by atoms with E-state index < -0.39 is 0 Å². The van der Waals surface area contributed by atoms with E-state index in [2.05, 4.69) is 51.4 Å². The largest absolute Gasteiger partial charge is 0.344 e. The van der Waals surface area contributed by atoms with E-state index in [0.717, 1.165) is 29.2 Å². The highest BCUT2D eigenvalue weighted by molar-refractivity contribution is 9.10. The number of rotatable bonds is 2. The van der Waals surface area contributed by atoms with Crippen molar-refractivity contribution in [2.45, 2.75) is 12.8 Å². The van der Waals surface area contributed by atoms with E-state index in [1.807, 2.05) is 0 Å². The molecule has 1 fully saturated rings. The predicted molar refractivity (Wildman–Crippen MR) is 79.4 cm³/mol. The molecule has 18 heavy (non-hydrogen) atoms. The highest BCUT2D eigenvalue weighted by Crippen LogP contribution is 2.27. The van der Waals surface area contributed by atoms with Gasteiger partial charge in [0.2, 0.25) is 0 Å². The van der Waals surface area contributed by atoms with Crippen molar-refractivity contribution in [2.24, 2.45) is 10.9 Å². The molecular formula is C14H18BrN3. The third kappa shape index (κ3) is 2.59. The second-order valence-electron chi connectivity index (χ2n) is 5.31. The fourth-order valence-electron chi connectivity index (χ4n) is 2.72. The van der Waals surface area contributed by atoms with Crippen LogP contribution in [0.4, 0.5) is 5.69 Å². The van der Waals surface area contributed by atoms with Crippen molar-refractivity contribution < 1.29 is 0 Å². The van der Waals surface area contributed by atoms with E-state index in [1.54, 1.807) is 0 Å². The Balaban J connectivity index is 1.63. The molecule has 0 aliphatic carbocycles. The Kier molecular flexibility index (Phi) is 3.39. The monoisotopic (exact) mass is 307 g/mol. The van der Waals surface area contributed by atoms with Gasteiger partial charge in [-0.1, -0.05) is 15.9 Å². The van der Waals surface area contributed by atoms with E-state index >= 15 is 0 Å². The topological polar surface area (TPSA) is 27.6 Å². The summed E-state index contributed by atoms with van der Waals surface area (Å²) in [7, 11) is 2.19. The Morgan fingerprint density at radius 1 is 1.50 bits per heavy atom. The molecular weight excluding hydrogens is 290 g/mol. The number of nitrogens with one attached hydrogen (secondary N) is 1. The highest BCUT2D eigenvalue weighted by Gasteiger charge is 2.20. The summed E-state index contributed by atoms with van der Waals surface area (Å²) < 4.78 is 1.14. The smallest absolute Gasteiger partial charge is 0.105 e. The first kappa shape index (κ1) is 12.2. The van der Waals surface area contributed by atoms with Crippen molar-refractivity contribution in [3.8, 4) is 0 Å². The molecule has 1 aromatic rings. The van der Waals surface area contributed by atoms with E-state index in [4.69, 9.17) is 4.99 Å². The van der Waals surface area contributed by atoms with Crippen LogP contribution in [0.15, 0.2) is 27.7 Å². The van der Waals surface area contributed by atoms with Crippen molar-refractivity contribution in [3.05, 3.63) is 28.2 Å². The van der Waals surface area contributed by atoms with Crippen LogP contribution in [0.3, 0.4) is 0 Å². The number of nitrogens with zero attached hydrogens (tertiary/aromatic N) is 2. The fourth-order valence-corrected chi connectivity index (χ4v) is 3.13. The summed E-state index contributed by atoms with van der Waals surface area (Å²) in [6.45, 7) is 3.37. The van der Waals surface area contributed by atoms with Gasteiger partial charge < -0.3 is 10.2 Å². The molecule has 1 atom stereocenters. The van der Waals surface area contributed by atoms with Crippen LogP contribution in [0, 0.1) is 5.92 Å². The van der Waals surface area contributed by atoms with Crippen molar-refractivity contribution in [1.82, 2.24) is 4.90 Å². The van der Waals surface area contributed by atoms with E-state index in [1.165, 1.54) is 30.8 Å². The lowest BCUT2D eigenvalue weighted by atomic mass is 10.1. The quantitative estimate of drug-likeness (QED) is 0.910. The number of benzene rings is 1. The lowest BCUT2D eigenvalue weighted by molar-refractivity contribution is 0.397.